The van der Waals surface area contributed by atoms with Crippen molar-refractivity contribution < 1.29 is 4.79 Å². The Balaban J connectivity index is 1.90. The van der Waals surface area contributed by atoms with E-state index >= 15 is 0 Å². The largest absolute Gasteiger partial charge is 0.322 e. The summed E-state index contributed by atoms with van der Waals surface area (Å²) in [6, 6.07) is 11.5. The lowest BCUT2D eigenvalue weighted by Crippen LogP contribution is -2.16. The molecule has 4 heteroatoms. The molecular formula is C17H15ClINO. The third kappa shape index (κ3) is 3.24. The Morgan fingerprint density at radius 3 is 2.81 bits per heavy atom. The second kappa shape index (κ2) is 6.36. The minimum absolute atomic E-state index is 0.0964. The Morgan fingerprint density at radius 2 is 1.95 bits per heavy atom. The van der Waals surface area contributed by atoms with Crippen LogP contribution in [0.5, 0.6) is 0 Å². The summed E-state index contributed by atoms with van der Waals surface area (Å²) in [4.78, 5) is 12.5. The molecule has 0 unspecified atom stereocenters. The van der Waals surface area contributed by atoms with Gasteiger partial charge < -0.3 is 5.32 Å². The summed E-state index contributed by atoms with van der Waals surface area (Å²) in [6.45, 7) is 0. The Kier molecular flexibility index (Phi) is 4.50. The Labute approximate surface area is 143 Å². The van der Waals surface area contributed by atoms with E-state index in [0.29, 0.717) is 10.6 Å². The summed E-state index contributed by atoms with van der Waals surface area (Å²) in [5, 5.41) is 3.63. The van der Waals surface area contributed by atoms with Crippen LogP contribution in [0.2, 0.25) is 5.02 Å². The van der Waals surface area contributed by atoms with Crippen molar-refractivity contribution >= 4 is 45.8 Å². The number of aryl methyl sites for hydroxylation is 1. The molecule has 1 aliphatic rings. The Morgan fingerprint density at radius 1 is 1.14 bits per heavy atom. The number of hydrogen-bond acceptors (Lipinski definition) is 1. The van der Waals surface area contributed by atoms with Gasteiger partial charge in [0.15, 0.2) is 0 Å². The SMILES string of the molecule is O=C(Nc1cccc2c1CCCC2)c1cc(Cl)ccc1I. The lowest BCUT2D eigenvalue weighted by atomic mass is 9.90. The fraction of sp³-hybridized carbons (Fsp3) is 0.235. The van der Waals surface area contributed by atoms with E-state index < -0.39 is 0 Å². The molecule has 0 aliphatic heterocycles. The molecule has 108 valence electrons. The summed E-state index contributed by atoms with van der Waals surface area (Å²) in [5.41, 5.74) is 4.21. The third-order valence-electron chi connectivity index (χ3n) is 3.82. The van der Waals surface area contributed by atoms with Gasteiger partial charge in [-0.1, -0.05) is 23.7 Å². The van der Waals surface area contributed by atoms with Crippen molar-refractivity contribution in [2.24, 2.45) is 0 Å². The highest BCUT2D eigenvalue weighted by molar-refractivity contribution is 14.1. The molecule has 0 heterocycles. The molecule has 0 atom stereocenters. The van der Waals surface area contributed by atoms with E-state index in [1.807, 2.05) is 18.2 Å². The average Bonchev–Trinajstić information content (AvgIpc) is 2.50. The van der Waals surface area contributed by atoms with E-state index in [2.05, 4.69) is 34.0 Å². The van der Waals surface area contributed by atoms with E-state index in [-0.39, 0.29) is 5.91 Å². The molecule has 1 aliphatic carbocycles. The molecule has 0 bridgehead atoms. The number of carbonyl (C=O) groups is 1. The predicted molar refractivity (Wildman–Crippen MR) is 95.2 cm³/mol. The molecule has 2 aromatic rings. The Bertz CT molecular complexity index is 699. The van der Waals surface area contributed by atoms with Crippen LogP contribution in [0.25, 0.3) is 0 Å². The fourth-order valence-corrected chi connectivity index (χ4v) is 3.51. The van der Waals surface area contributed by atoms with Crippen LogP contribution in [0.15, 0.2) is 36.4 Å². The number of nitrogens with one attached hydrogen (secondary N) is 1. The van der Waals surface area contributed by atoms with Crippen LogP contribution >= 0.6 is 34.2 Å². The van der Waals surface area contributed by atoms with E-state index in [4.69, 9.17) is 11.6 Å². The number of amides is 1. The van der Waals surface area contributed by atoms with Gasteiger partial charge in [-0.2, -0.15) is 0 Å². The number of anilines is 1. The van der Waals surface area contributed by atoms with Crippen molar-refractivity contribution in [1.29, 1.82) is 0 Å². The first-order chi connectivity index (χ1) is 10.1. The molecule has 0 spiro atoms. The highest BCUT2D eigenvalue weighted by Gasteiger charge is 2.16. The molecule has 0 saturated heterocycles. The monoisotopic (exact) mass is 411 g/mol. The van der Waals surface area contributed by atoms with Gasteiger partial charge in [0.05, 0.1) is 5.56 Å². The Hall–Kier alpha value is -1.07. The molecule has 0 fully saturated rings. The van der Waals surface area contributed by atoms with Crippen molar-refractivity contribution in [2.75, 3.05) is 5.32 Å². The van der Waals surface area contributed by atoms with E-state index in [1.54, 1.807) is 12.1 Å². The molecular weight excluding hydrogens is 397 g/mol. The molecule has 2 nitrogen and oxygen atoms in total. The molecule has 0 aromatic heterocycles. The second-order valence-corrected chi connectivity index (χ2v) is 6.83. The van der Waals surface area contributed by atoms with Crippen LogP contribution in [0.4, 0.5) is 5.69 Å². The van der Waals surface area contributed by atoms with E-state index in [1.165, 1.54) is 24.0 Å². The zero-order chi connectivity index (χ0) is 14.8. The number of hydrogen-bond donors (Lipinski definition) is 1. The summed E-state index contributed by atoms with van der Waals surface area (Å²) >= 11 is 8.15. The van der Waals surface area contributed by atoms with Crippen LogP contribution < -0.4 is 5.32 Å². The summed E-state index contributed by atoms with van der Waals surface area (Å²) < 4.78 is 0.902. The van der Waals surface area contributed by atoms with Crippen LogP contribution in [0, 0.1) is 3.57 Å². The highest BCUT2D eigenvalue weighted by Crippen LogP contribution is 2.28. The first-order valence-corrected chi connectivity index (χ1v) is 8.48. The normalized spacial score (nSPS) is 13.6. The first-order valence-electron chi connectivity index (χ1n) is 7.02. The van der Waals surface area contributed by atoms with Crippen LogP contribution in [0.1, 0.15) is 34.3 Å². The number of rotatable bonds is 2. The maximum absolute atomic E-state index is 12.5. The van der Waals surface area contributed by atoms with Crippen molar-refractivity contribution in [3.05, 3.63) is 61.7 Å². The number of halogens is 2. The van der Waals surface area contributed by atoms with Crippen LogP contribution in [0.3, 0.4) is 0 Å². The van der Waals surface area contributed by atoms with Gasteiger partial charge in [-0.15, -0.1) is 0 Å². The predicted octanol–water partition coefficient (Wildman–Crippen LogP) is 5.08. The van der Waals surface area contributed by atoms with Gasteiger partial charge in [-0.25, -0.2) is 0 Å². The number of benzene rings is 2. The van der Waals surface area contributed by atoms with Gasteiger partial charge in [-0.3, -0.25) is 4.79 Å². The molecule has 1 N–H and O–H groups in total. The minimum atomic E-state index is -0.0964. The smallest absolute Gasteiger partial charge is 0.256 e. The lowest BCUT2D eigenvalue weighted by molar-refractivity contribution is 0.102. The summed E-state index contributed by atoms with van der Waals surface area (Å²) in [7, 11) is 0. The summed E-state index contributed by atoms with van der Waals surface area (Å²) in [5.74, 6) is -0.0964. The van der Waals surface area contributed by atoms with Crippen molar-refractivity contribution in [3.63, 3.8) is 0 Å². The van der Waals surface area contributed by atoms with Crippen molar-refractivity contribution in [2.45, 2.75) is 25.7 Å². The van der Waals surface area contributed by atoms with E-state index in [0.717, 1.165) is 22.1 Å². The topological polar surface area (TPSA) is 29.1 Å². The zero-order valence-electron chi connectivity index (χ0n) is 11.5. The first kappa shape index (κ1) is 14.9. The molecule has 3 rings (SSSR count). The quantitative estimate of drug-likeness (QED) is 0.686. The maximum Gasteiger partial charge on any atom is 0.256 e. The van der Waals surface area contributed by atoms with Crippen molar-refractivity contribution in [3.8, 4) is 0 Å². The van der Waals surface area contributed by atoms with Crippen LogP contribution in [-0.4, -0.2) is 5.91 Å². The second-order valence-electron chi connectivity index (χ2n) is 5.23. The molecule has 2 aromatic carbocycles. The van der Waals surface area contributed by atoms with Gasteiger partial charge in [-0.05, 0) is 83.7 Å². The van der Waals surface area contributed by atoms with Gasteiger partial charge in [0.25, 0.3) is 5.91 Å². The average molecular weight is 412 g/mol. The van der Waals surface area contributed by atoms with Gasteiger partial charge in [0, 0.05) is 14.3 Å². The molecule has 0 saturated carbocycles. The zero-order valence-corrected chi connectivity index (χ0v) is 14.4. The van der Waals surface area contributed by atoms with Gasteiger partial charge in [0.1, 0.15) is 0 Å². The van der Waals surface area contributed by atoms with Crippen molar-refractivity contribution in [1.82, 2.24) is 0 Å². The fourth-order valence-electron chi connectivity index (χ4n) is 2.76. The van der Waals surface area contributed by atoms with Gasteiger partial charge in [0.2, 0.25) is 0 Å². The van der Waals surface area contributed by atoms with Crippen LogP contribution in [-0.2, 0) is 12.8 Å². The standard InChI is InChI=1S/C17H15ClINO/c18-12-8-9-15(19)14(10-12)17(21)20-16-7-3-5-11-4-1-2-6-13(11)16/h3,5,7-10H,1-2,4,6H2,(H,20,21). The maximum atomic E-state index is 12.5. The lowest BCUT2D eigenvalue weighted by Gasteiger charge is -2.19. The third-order valence-corrected chi connectivity index (χ3v) is 4.99. The minimum Gasteiger partial charge on any atom is -0.322 e. The molecule has 1 amide bonds. The van der Waals surface area contributed by atoms with E-state index in [9.17, 15) is 4.79 Å². The van der Waals surface area contributed by atoms with Gasteiger partial charge >= 0.3 is 0 Å². The highest BCUT2D eigenvalue weighted by atomic mass is 127. The summed E-state index contributed by atoms with van der Waals surface area (Å²) in [6.07, 6.45) is 4.57. The molecule has 21 heavy (non-hydrogen) atoms. The number of fused-ring (bicyclic) bond motifs is 1. The molecule has 0 radical (unpaired) electrons. The number of carbonyl (C=O) groups excluding carboxylic acids is 1.